The molecule has 0 radical (unpaired) electrons. The summed E-state index contributed by atoms with van der Waals surface area (Å²) in [5, 5.41) is 19.3. The van der Waals surface area contributed by atoms with Crippen molar-refractivity contribution in [2.45, 2.75) is 37.1 Å². The standard InChI is InChI=1S/C11H12FN3O5/c1-3-11(12)7(17)6(5(2)16)20-8(11)15-4-13-9(18)14-10(15)19/h1,4-8,16-17H,2H3,(H,14,18,19)/t5-,6-,7+,8-,11?/m1/s1. The molecule has 0 aliphatic carbocycles. The predicted molar refractivity (Wildman–Crippen MR) is 63.4 cm³/mol. The quantitative estimate of drug-likeness (QED) is 0.536. The molecule has 8 nitrogen and oxygen atoms in total. The van der Waals surface area contributed by atoms with Gasteiger partial charge in [-0.1, -0.05) is 5.92 Å². The molecular formula is C11H12FN3O5. The third-order valence-corrected chi connectivity index (χ3v) is 3.08. The number of nitrogens with one attached hydrogen (secondary N) is 1. The van der Waals surface area contributed by atoms with Gasteiger partial charge in [0, 0.05) is 0 Å². The Morgan fingerprint density at radius 2 is 2.35 bits per heavy atom. The SMILES string of the molecule is C#CC1(F)[C@@H](O)[C@@H]([C@@H](C)O)O[C@H]1n1cnc(=O)[nH]c1=O. The second-order valence-corrected chi connectivity index (χ2v) is 4.44. The van der Waals surface area contributed by atoms with E-state index in [2.05, 4.69) is 4.98 Å². The number of hydrogen-bond acceptors (Lipinski definition) is 6. The van der Waals surface area contributed by atoms with Crippen LogP contribution in [0.1, 0.15) is 13.2 Å². The third kappa shape index (κ3) is 2.03. The number of hydrogen-bond donors (Lipinski definition) is 3. The minimum Gasteiger partial charge on any atom is -0.391 e. The highest BCUT2D eigenvalue weighted by atomic mass is 19.1. The van der Waals surface area contributed by atoms with Crippen LogP contribution in [0, 0.1) is 12.3 Å². The lowest BCUT2D eigenvalue weighted by Crippen LogP contribution is -2.46. The fourth-order valence-corrected chi connectivity index (χ4v) is 2.03. The van der Waals surface area contributed by atoms with E-state index in [-0.39, 0.29) is 0 Å². The van der Waals surface area contributed by atoms with Crippen molar-refractivity contribution in [1.82, 2.24) is 14.5 Å². The number of alkyl halides is 1. The maximum atomic E-state index is 14.7. The summed E-state index contributed by atoms with van der Waals surface area (Å²) < 4.78 is 20.4. The lowest BCUT2D eigenvalue weighted by molar-refractivity contribution is -0.0807. The van der Waals surface area contributed by atoms with Crippen LogP contribution in [-0.2, 0) is 4.74 Å². The van der Waals surface area contributed by atoms with E-state index in [1.807, 2.05) is 4.98 Å². The van der Waals surface area contributed by atoms with Gasteiger partial charge in [0.1, 0.15) is 18.5 Å². The van der Waals surface area contributed by atoms with Gasteiger partial charge in [0.15, 0.2) is 6.23 Å². The van der Waals surface area contributed by atoms with Crippen LogP contribution in [0.5, 0.6) is 0 Å². The molecule has 2 rings (SSSR count). The molecule has 2 heterocycles. The van der Waals surface area contributed by atoms with E-state index in [0.717, 1.165) is 6.33 Å². The van der Waals surface area contributed by atoms with Gasteiger partial charge in [-0.25, -0.2) is 14.0 Å². The van der Waals surface area contributed by atoms with Crippen LogP contribution < -0.4 is 11.4 Å². The molecule has 0 aromatic carbocycles. The first kappa shape index (κ1) is 14.4. The number of aromatic amines is 1. The number of aliphatic hydroxyl groups is 2. The Bertz CT molecular complexity index is 663. The fraction of sp³-hybridized carbons (Fsp3) is 0.545. The van der Waals surface area contributed by atoms with E-state index >= 15 is 0 Å². The Morgan fingerprint density at radius 1 is 1.70 bits per heavy atom. The maximum Gasteiger partial charge on any atom is 0.350 e. The summed E-state index contributed by atoms with van der Waals surface area (Å²) in [5.41, 5.74) is -4.65. The largest absolute Gasteiger partial charge is 0.391 e. The number of terminal acetylenes is 1. The van der Waals surface area contributed by atoms with Crippen molar-refractivity contribution in [1.29, 1.82) is 0 Å². The minimum atomic E-state index is -2.74. The molecule has 1 unspecified atom stereocenters. The molecule has 0 bridgehead atoms. The first-order valence-corrected chi connectivity index (χ1v) is 5.67. The summed E-state index contributed by atoms with van der Waals surface area (Å²) in [6.07, 6.45) is -0.250. The van der Waals surface area contributed by atoms with Gasteiger partial charge < -0.3 is 14.9 Å². The maximum absolute atomic E-state index is 14.7. The number of H-pyrrole nitrogens is 1. The van der Waals surface area contributed by atoms with Gasteiger partial charge in [-0.05, 0) is 6.92 Å². The molecule has 9 heteroatoms. The Labute approximate surface area is 111 Å². The lowest BCUT2D eigenvalue weighted by atomic mass is 9.95. The Hall–Kier alpha value is -2.02. The minimum absolute atomic E-state index is 0.618. The van der Waals surface area contributed by atoms with Crippen LogP contribution in [-0.4, -0.2) is 48.7 Å². The molecule has 1 fully saturated rings. The molecule has 0 saturated carbocycles. The van der Waals surface area contributed by atoms with E-state index in [1.165, 1.54) is 6.92 Å². The Kier molecular flexibility index (Phi) is 3.47. The van der Waals surface area contributed by atoms with Crippen molar-refractivity contribution in [3.63, 3.8) is 0 Å². The fourth-order valence-electron chi connectivity index (χ4n) is 2.03. The number of nitrogens with zero attached hydrogens (tertiary/aromatic N) is 2. The molecular weight excluding hydrogens is 273 g/mol. The number of ether oxygens (including phenoxy) is 1. The van der Waals surface area contributed by atoms with Gasteiger partial charge in [0.25, 0.3) is 0 Å². The average Bonchev–Trinajstić information content (AvgIpc) is 2.64. The van der Waals surface area contributed by atoms with Crippen molar-refractivity contribution in [2.24, 2.45) is 0 Å². The zero-order chi connectivity index (χ0) is 15.1. The monoisotopic (exact) mass is 285 g/mol. The smallest absolute Gasteiger partial charge is 0.350 e. The molecule has 0 spiro atoms. The summed E-state index contributed by atoms with van der Waals surface area (Å²) in [5.74, 6) is 1.73. The molecule has 0 amide bonds. The second kappa shape index (κ2) is 4.82. The van der Waals surface area contributed by atoms with Crippen LogP contribution in [0.15, 0.2) is 15.9 Å². The summed E-state index contributed by atoms with van der Waals surface area (Å²) in [6.45, 7) is 1.28. The van der Waals surface area contributed by atoms with Crippen LogP contribution >= 0.6 is 0 Å². The average molecular weight is 285 g/mol. The van der Waals surface area contributed by atoms with Crippen molar-refractivity contribution < 1.29 is 19.3 Å². The summed E-state index contributed by atoms with van der Waals surface area (Å²) in [7, 11) is 0. The first-order chi connectivity index (χ1) is 9.31. The molecule has 3 N–H and O–H groups in total. The van der Waals surface area contributed by atoms with Crippen LogP contribution in [0.4, 0.5) is 4.39 Å². The molecule has 1 aromatic rings. The van der Waals surface area contributed by atoms with Crippen LogP contribution in [0.3, 0.4) is 0 Å². The van der Waals surface area contributed by atoms with E-state index in [4.69, 9.17) is 11.2 Å². The van der Waals surface area contributed by atoms with Crippen molar-refractivity contribution in [3.8, 4) is 12.3 Å². The summed E-state index contributed by atoms with van der Waals surface area (Å²) in [6, 6.07) is 0. The van der Waals surface area contributed by atoms with Crippen LogP contribution in [0.25, 0.3) is 0 Å². The van der Waals surface area contributed by atoms with E-state index in [1.54, 1.807) is 5.92 Å². The van der Waals surface area contributed by atoms with Crippen molar-refractivity contribution >= 4 is 0 Å². The molecule has 1 saturated heterocycles. The van der Waals surface area contributed by atoms with Crippen LogP contribution in [0.2, 0.25) is 0 Å². The van der Waals surface area contributed by atoms with E-state index in [9.17, 15) is 24.2 Å². The van der Waals surface area contributed by atoms with Gasteiger partial charge in [0.05, 0.1) is 6.10 Å². The molecule has 108 valence electrons. The normalized spacial score (nSPS) is 34.6. The molecule has 5 atom stereocenters. The number of aliphatic hydroxyl groups excluding tert-OH is 2. The Morgan fingerprint density at radius 3 is 2.85 bits per heavy atom. The predicted octanol–water partition coefficient (Wildman–Crippen LogP) is -2.09. The second-order valence-electron chi connectivity index (χ2n) is 4.44. The molecule has 1 aromatic heterocycles. The van der Waals surface area contributed by atoms with Gasteiger partial charge >= 0.3 is 11.4 Å². The summed E-state index contributed by atoms with van der Waals surface area (Å²) in [4.78, 5) is 27.6. The highest BCUT2D eigenvalue weighted by molar-refractivity contribution is 5.20. The number of rotatable bonds is 2. The third-order valence-electron chi connectivity index (χ3n) is 3.08. The zero-order valence-corrected chi connectivity index (χ0v) is 10.4. The number of halogens is 1. The van der Waals surface area contributed by atoms with Gasteiger partial charge in [0.2, 0.25) is 5.67 Å². The van der Waals surface area contributed by atoms with E-state index < -0.39 is 41.6 Å². The van der Waals surface area contributed by atoms with Gasteiger partial charge in [-0.3, -0.25) is 9.55 Å². The molecule has 1 aliphatic heterocycles. The highest BCUT2D eigenvalue weighted by Crippen LogP contribution is 2.41. The number of aromatic nitrogens is 3. The lowest BCUT2D eigenvalue weighted by Gasteiger charge is -2.23. The molecule has 1 aliphatic rings. The molecule has 20 heavy (non-hydrogen) atoms. The first-order valence-electron chi connectivity index (χ1n) is 5.67. The van der Waals surface area contributed by atoms with Crippen molar-refractivity contribution in [2.75, 3.05) is 0 Å². The summed E-state index contributed by atoms with van der Waals surface area (Å²) >= 11 is 0. The van der Waals surface area contributed by atoms with Gasteiger partial charge in [-0.2, -0.15) is 4.98 Å². The topological polar surface area (TPSA) is 117 Å². The van der Waals surface area contributed by atoms with E-state index in [0.29, 0.717) is 4.57 Å². The Balaban J connectivity index is 2.53. The van der Waals surface area contributed by atoms with Crippen molar-refractivity contribution in [3.05, 3.63) is 27.3 Å². The highest BCUT2D eigenvalue weighted by Gasteiger charge is 2.59. The van der Waals surface area contributed by atoms with Gasteiger partial charge in [-0.15, -0.1) is 6.42 Å². The zero-order valence-electron chi connectivity index (χ0n) is 10.4.